The van der Waals surface area contributed by atoms with Crippen molar-refractivity contribution in [2.45, 2.75) is 64.8 Å². The van der Waals surface area contributed by atoms with Crippen molar-refractivity contribution in [2.75, 3.05) is 6.54 Å². The number of rotatable bonds is 2. The summed E-state index contributed by atoms with van der Waals surface area (Å²) in [4.78, 5) is 0. The average Bonchev–Trinajstić information content (AvgIpc) is 2.30. The summed E-state index contributed by atoms with van der Waals surface area (Å²) < 4.78 is 0. The van der Waals surface area contributed by atoms with Crippen molar-refractivity contribution in [3.05, 3.63) is 0 Å². The van der Waals surface area contributed by atoms with Crippen LogP contribution in [0.4, 0.5) is 0 Å². The van der Waals surface area contributed by atoms with E-state index in [4.69, 9.17) is 0 Å². The minimum absolute atomic E-state index is 0.768. The largest absolute Gasteiger partial charge is 0.314 e. The fourth-order valence-corrected chi connectivity index (χ4v) is 3.75. The maximum atomic E-state index is 3.67. The van der Waals surface area contributed by atoms with Gasteiger partial charge in [0.05, 0.1) is 0 Å². The van der Waals surface area contributed by atoms with Crippen molar-refractivity contribution in [1.82, 2.24) is 5.32 Å². The van der Waals surface area contributed by atoms with E-state index < -0.39 is 0 Å². The summed E-state index contributed by atoms with van der Waals surface area (Å²) in [7, 11) is 0. The molecule has 1 saturated carbocycles. The smallest absolute Gasteiger partial charge is 0.00389 e. The molecule has 0 spiro atoms. The maximum Gasteiger partial charge on any atom is 0.00389 e. The van der Waals surface area contributed by atoms with E-state index in [0.717, 1.165) is 23.8 Å². The summed E-state index contributed by atoms with van der Waals surface area (Å²) in [6, 6.07) is 0.768. The van der Waals surface area contributed by atoms with E-state index in [1.165, 1.54) is 51.5 Å². The van der Waals surface area contributed by atoms with Crippen LogP contribution in [-0.4, -0.2) is 12.6 Å². The Morgan fingerprint density at radius 2 is 1.87 bits per heavy atom. The molecule has 15 heavy (non-hydrogen) atoms. The van der Waals surface area contributed by atoms with E-state index in [0.29, 0.717) is 0 Å². The number of hydrogen-bond acceptors (Lipinski definition) is 1. The van der Waals surface area contributed by atoms with Crippen LogP contribution in [-0.2, 0) is 0 Å². The molecule has 4 unspecified atom stereocenters. The van der Waals surface area contributed by atoms with Gasteiger partial charge in [-0.15, -0.1) is 0 Å². The van der Waals surface area contributed by atoms with Gasteiger partial charge in [-0.2, -0.15) is 0 Å². The third-order valence-electron chi connectivity index (χ3n) is 4.80. The van der Waals surface area contributed by atoms with Gasteiger partial charge in [-0.25, -0.2) is 0 Å². The Labute approximate surface area is 95.0 Å². The SMILES string of the molecule is CCC1CCCCC1C1CCC(C)NC1. The molecule has 0 radical (unpaired) electrons. The summed E-state index contributed by atoms with van der Waals surface area (Å²) in [5.74, 6) is 3.08. The van der Waals surface area contributed by atoms with Gasteiger partial charge in [0.25, 0.3) is 0 Å². The lowest BCUT2D eigenvalue weighted by molar-refractivity contribution is 0.125. The second-order valence-electron chi connectivity index (χ2n) is 5.76. The van der Waals surface area contributed by atoms with Gasteiger partial charge >= 0.3 is 0 Å². The zero-order chi connectivity index (χ0) is 10.7. The lowest BCUT2D eigenvalue weighted by Gasteiger charge is -2.40. The molecule has 0 aromatic heterocycles. The molecule has 1 aliphatic heterocycles. The summed E-state index contributed by atoms with van der Waals surface area (Å²) >= 11 is 0. The number of piperidine rings is 1. The van der Waals surface area contributed by atoms with Crippen LogP contribution in [0.5, 0.6) is 0 Å². The average molecular weight is 209 g/mol. The predicted octanol–water partition coefficient (Wildman–Crippen LogP) is 3.59. The monoisotopic (exact) mass is 209 g/mol. The fourth-order valence-electron chi connectivity index (χ4n) is 3.75. The molecule has 1 saturated heterocycles. The van der Waals surface area contributed by atoms with E-state index in [2.05, 4.69) is 19.2 Å². The molecule has 1 aliphatic carbocycles. The van der Waals surface area contributed by atoms with Gasteiger partial charge < -0.3 is 5.32 Å². The third-order valence-corrected chi connectivity index (χ3v) is 4.80. The van der Waals surface area contributed by atoms with E-state index >= 15 is 0 Å². The molecule has 0 bridgehead atoms. The maximum absolute atomic E-state index is 3.67. The third kappa shape index (κ3) is 2.75. The normalized spacial score (nSPS) is 42.8. The van der Waals surface area contributed by atoms with Crippen LogP contribution >= 0.6 is 0 Å². The number of nitrogens with one attached hydrogen (secondary N) is 1. The van der Waals surface area contributed by atoms with Gasteiger partial charge in [0, 0.05) is 6.04 Å². The molecule has 2 rings (SSSR count). The summed E-state index contributed by atoms with van der Waals surface area (Å²) in [5.41, 5.74) is 0. The van der Waals surface area contributed by atoms with Crippen LogP contribution in [0, 0.1) is 17.8 Å². The van der Waals surface area contributed by atoms with Crippen LogP contribution in [0.1, 0.15) is 58.8 Å². The highest BCUT2D eigenvalue weighted by Gasteiger charge is 2.32. The van der Waals surface area contributed by atoms with E-state index in [9.17, 15) is 0 Å². The summed E-state index contributed by atoms with van der Waals surface area (Å²) in [6.45, 7) is 6.01. The first kappa shape index (κ1) is 11.4. The standard InChI is InChI=1S/C14H27N/c1-3-12-6-4-5-7-14(12)13-9-8-11(2)15-10-13/h11-15H,3-10H2,1-2H3. The topological polar surface area (TPSA) is 12.0 Å². The zero-order valence-corrected chi connectivity index (χ0v) is 10.5. The van der Waals surface area contributed by atoms with Gasteiger partial charge in [0.15, 0.2) is 0 Å². The molecular formula is C14H27N. The zero-order valence-electron chi connectivity index (χ0n) is 10.5. The summed E-state index contributed by atoms with van der Waals surface area (Å²) in [5, 5.41) is 3.67. The quantitative estimate of drug-likeness (QED) is 0.733. The second kappa shape index (κ2) is 5.34. The minimum atomic E-state index is 0.768. The predicted molar refractivity (Wildman–Crippen MR) is 65.9 cm³/mol. The van der Waals surface area contributed by atoms with Crippen molar-refractivity contribution in [3.63, 3.8) is 0 Å². The van der Waals surface area contributed by atoms with Crippen molar-refractivity contribution >= 4 is 0 Å². The van der Waals surface area contributed by atoms with Crippen LogP contribution in [0.2, 0.25) is 0 Å². The Kier molecular flexibility index (Phi) is 4.07. The fraction of sp³-hybridized carbons (Fsp3) is 1.00. The van der Waals surface area contributed by atoms with E-state index in [-0.39, 0.29) is 0 Å². The van der Waals surface area contributed by atoms with Gasteiger partial charge in [-0.05, 0) is 50.5 Å². The molecule has 4 atom stereocenters. The molecular weight excluding hydrogens is 182 g/mol. The highest BCUT2D eigenvalue weighted by Crippen LogP contribution is 2.39. The Morgan fingerprint density at radius 1 is 1.07 bits per heavy atom. The molecule has 0 aromatic rings. The molecule has 88 valence electrons. The minimum Gasteiger partial charge on any atom is -0.314 e. The van der Waals surface area contributed by atoms with Gasteiger partial charge in [-0.3, -0.25) is 0 Å². The highest BCUT2D eigenvalue weighted by atomic mass is 14.9. The van der Waals surface area contributed by atoms with Crippen molar-refractivity contribution in [2.24, 2.45) is 17.8 Å². The number of hydrogen-bond donors (Lipinski definition) is 1. The Bertz CT molecular complexity index is 182. The molecule has 0 amide bonds. The van der Waals surface area contributed by atoms with Crippen LogP contribution < -0.4 is 5.32 Å². The first-order chi connectivity index (χ1) is 7.31. The highest BCUT2D eigenvalue weighted by molar-refractivity contribution is 4.85. The van der Waals surface area contributed by atoms with Crippen LogP contribution in [0.15, 0.2) is 0 Å². The molecule has 1 N–H and O–H groups in total. The van der Waals surface area contributed by atoms with Gasteiger partial charge in [-0.1, -0.05) is 32.6 Å². The Morgan fingerprint density at radius 3 is 2.53 bits per heavy atom. The molecule has 2 aliphatic rings. The van der Waals surface area contributed by atoms with Crippen molar-refractivity contribution < 1.29 is 0 Å². The summed E-state index contributed by atoms with van der Waals surface area (Å²) in [6.07, 6.45) is 10.3. The van der Waals surface area contributed by atoms with Crippen LogP contribution in [0.3, 0.4) is 0 Å². The van der Waals surface area contributed by atoms with Gasteiger partial charge in [0.1, 0.15) is 0 Å². The molecule has 2 fully saturated rings. The van der Waals surface area contributed by atoms with Crippen molar-refractivity contribution in [1.29, 1.82) is 0 Å². The first-order valence-electron chi connectivity index (χ1n) is 7.04. The van der Waals surface area contributed by atoms with Crippen molar-refractivity contribution in [3.8, 4) is 0 Å². The van der Waals surface area contributed by atoms with E-state index in [1.807, 2.05) is 0 Å². The molecule has 1 heteroatoms. The molecule has 1 nitrogen and oxygen atoms in total. The Balaban J connectivity index is 1.90. The second-order valence-corrected chi connectivity index (χ2v) is 5.76. The van der Waals surface area contributed by atoms with Crippen LogP contribution in [0.25, 0.3) is 0 Å². The molecule has 1 heterocycles. The lowest BCUT2D eigenvalue weighted by Crippen LogP contribution is -2.42. The van der Waals surface area contributed by atoms with E-state index in [1.54, 1.807) is 0 Å². The van der Waals surface area contributed by atoms with Gasteiger partial charge in [0.2, 0.25) is 0 Å². The first-order valence-corrected chi connectivity index (χ1v) is 7.04. The lowest BCUT2D eigenvalue weighted by atomic mass is 9.69. The molecule has 0 aromatic carbocycles. The Hall–Kier alpha value is -0.0400.